The lowest BCUT2D eigenvalue weighted by molar-refractivity contribution is 0.352. The fourth-order valence-corrected chi connectivity index (χ4v) is 3.86. The molecule has 0 amide bonds. The number of hydrogen-bond acceptors (Lipinski definition) is 5. The zero-order valence-electron chi connectivity index (χ0n) is 14.6. The van der Waals surface area contributed by atoms with Crippen LogP contribution >= 0.6 is 11.8 Å². The molecule has 5 heteroatoms. The van der Waals surface area contributed by atoms with Crippen molar-refractivity contribution in [3.63, 3.8) is 0 Å². The lowest BCUT2D eigenvalue weighted by Gasteiger charge is -2.20. The predicted molar refractivity (Wildman–Crippen MR) is 104 cm³/mol. The quantitative estimate of drug-likeness (QED) is 0.500. The van der Waals surface area contributed by atoms with Gasteiger partial charge in [-0.05, 0) is 30.3 Å². The van der Waals surface area contributed by atoms with Gasteiger partial charge in [0.15, 0.2) is 11.5 Å². The van der Waals surface area contributed by atoms with E-state index in [1.807, 2.05) is 42.5 Å². The molecule has 0 saturated heterocycles. The molecule has 132 valence electrons. The molecule has 3 aromatic rings. The Morgan fingerprint density at radius 3 is 2.58 bits per heavy atom. The van der Waals surface area contributed by atoms with Gasteiger partial charge in [0.25, 0.3) is 0 Å². The SMILES string of the molecule is COc1cccc(CNc2ccc3c(c2)Oc2ccccc2S3)c1OC. The van der Waals surface area contributed by atoms with Gasteiger partial charge in [-0.3, -0.25) is 0 Å². The Morgan fingerprint density at radius 2 is 1.73 bits per heavy atom. The van der Waals surface area contributed by atoms with Crippen molar-refractivity contribution >= 4 is 17.4 Å². The van der Waals surface area contributed by atoms with Gasteiger partial charge in [0.1, 0.15) is 11.5 Å². The summed E-state index contributed by atoms with van der Waals surface area (Å²) in [5.41, 5.74) is 2.03. The Balaban J connectivity index is 1.53. The lowest BCUT2D eigenvalue weighted by Crippen LogP contribution is -2.03. The summed E-state index contributed by atoms with van der Waals surface area (Å²) in [6.07, 6.45) is 0. The molecule has 0 aromatic heterocycles. The number of hydrogen-bond donors (Lipinski definition) is 1. The summed E-state index contributed by atoms with van der Waals surface area (Å²) in [6.45, 7) is 0.628. The zero-order valence-corrected chi connectivity index (χ0v) is 15.4. The van der Waals surface area contributed by atoms with E-state index in [0.717, 1.165) is 44.0 Å². The molecule has 0 spiro atoms. The lowest BCUT2D eigenvalue weighted by atomic mass is 10.1. The maximum atomic E-state index is 6.05. The molecule has 0 bridgehead atoms. The first-order valence-electron chi connectivity index (χ1n) is 8.31. The van der Waals surface area contributed by atoms with Gasteiger partial charge in [0.2, 0.25) is 0 Å². The monoisotopic (exact) mass is 365 g/mol. The molecule has 0 radical (unpaired) electrons. The van der Waals surface area contributed by atoms with Crippen LogP contribution in [0, 0.1) is 0 Å². The summed E-state index contributed by atoms with van der Waals surface area (Å²) < 4.78 is 16.9. The molecule has 1 heterocycles. The maximum absolute atomic E-state index is 6.05. The van der Waals surface area contributed by atoms with Crippen molar-refractivity contribution in [3.05, 3.63) is 66.2 Å². The summed E-state index contributed by atoms with van der Waals surface area (Å²) >= 11 is 1.73. The number of anilines is 1. The van der Waals surface area contributed by atoms with Gasteiger partial charge >= 0.3 is 0 Å². The van der Waals surface area contributed by atoms with Crippen LogP contribution in [0.3, 0.4) is 0 Å². The Kier molecular flexibility index (Phi) is 4.63. The Hall–Kier alpha value is -2.79. The summed E-state index contributed by atoms with van der Waals surface area (Å²) in [6, 6.07) is 20.1. The first-order valence-corrected chi connectivity index (χ1v) is 9.12. The topological polar surface area (TPSA) is 39.7 Å². The summed E-state index contributed by atoms with van der Waals surface area (Å²) in [5.74, 6) is 3.25. The van der Waals surface area contributed by atoms with E-state index in [-0.39, 0.29) is 0 Å². The third-order valence-corrected chi connectivity index (χ3v) is 5.31. The van der Waals surface area contributed by atoms with Crippen LogP contribution < -0.4 is 19.5 Å². The minimum Gasteiger partial charge on any atom is -0.493 e. The molecule has 0 fully saturated rings. The molecule has 4 rings (SSSR count). The third kappa shape index (κ3) is 3.18. The summed E-state index contributed by atoms with van der Waals surface area (Å²) in [4.78, 5) is 2.26. The van der Waals surface area contributed by atoms with Gasteiger partial charge < -0.3 is 19.5 Å². The van der Waals surface area contributed by atoms with Crippen molar-refractivity contribution in [3.8, 4) is 23.0 Å². The van der Waals surface area contributed by atoms with Gasteiger partial charge in [0, 0.05) is 23.9 Å². The van der Waals surface area contributed by atoms with Gasteiger partial charge in [-0.1, -0.05) is 36.0 Å². The average Bonchev–Trinajstić information content (AvgIpc) is 2.70. The Morgan fingerprint density at radius 1 is 0.885 bits per heavy atom. The van der Waals surface area contributed by atoms with E-state index in [1.54, 1.807) is 26.0 Å². The molecular formula is C21H19NO3S. The van der Waals surface area contributed by atoms with Crippen LogP contribution in [0.4, 0.5) is 5.69 Å². The van der Waals surface area contributed by atoms with Crippen molar-refractivity contribution < 1.29 is 14.2 Å². The molecule has 1 N–H and O–H groups in total. The first kappa shape index (κ1) is 16.7. The van der Waals surface area contributed by atoms with Crippen LogP contribution in [-0.2, 0) is 6.54 Å². The number of para-hydroxylation sites is 2. The smallest absolute Gasteiger partial charge is 0.165 e. The molecule has 1 aliphatic rings. The molecule has 3 aromatic carbocycles. The van der Waals surface area contributed by atoms with Crippen LogP contribution in [-0.4, -0.2) is 14.2 Å². The second kappa shape index (κ2) is 7.22. The van der Waals surface area contributed by atoms with Crippen LogP contribution in [0.25, 0.3) is 0 Å². The number of ether oxygens (including phenoxy) is 3. The van der Waals surface area contributed by atoms with Crippen LogP contribution in [0.15, 0.2) is 70.5 Å². The molecule has 4 nitrogen and oxygen atoms in total. The van der Waals surface area contributed by atoms with Gasteiger partial charge in [-0.2, -0.15) is 0 Å². The highest BCUT2D eigenvalue weighted by Gasteiger charge is 2.17. The minimum atomic E-state index is 0.628. The number of fused-ring (bicyclic) bond motifs is 2. The van der Waals surface area contributed by atoms with E-state index in [4.69, 9.17) is 14.2 Å². The summed E-state index contributed by atoms with van der Waals surface area (Å²) in [7, 11) is 3.30. The van der Waals surface area contributed by atoms with E-state index >= 15 is 0 Å². The average molecular weight is 365 g/mol. The van der Waals surface area contributed by atoms with Gasteiger partial charge in [-0.15, -0.1) is 0 Å². The number of nitrogens with one attached hydrogen (secondary N) is 1. The van der Waals surface area contributed by atoms with Crippen LogP contribution in [0.1, 0.15) is 5.56 Å². The minimum absolute atomic E-state index is 0.628. The standard InChI is InChI=1S/C21H19NO3S/c1-23-17-8-5-6-14(21(17)24-2)13-22-15-10-11-20-18(12-15)25-16-7-3-4-9-19(16)26-20/h3-12,22H,13H2,1-2H3. The Bertz CT molecular complexity index is 942. The molecule has 0 aliphatic carbocycles. The van der Waals surface area contributed by atoms with Crippen LogP contribution in [0.2, 0.25) is 0 Å². The Labute approximate surface area is 157 Å². The fraction of sp³-hybridized carbons (Fsp3) is 0.143. The van der Waals surface area contributed by atoms with Crippen molar-refractivity contribution in [2.45, 2.75) is 16.3 Å². The number of rotatable bonds is 5. The molecule has 1 aliphatic heterocycles. The van der Waals surface area contributed by atoms with E-state index < -0.39 is 0 Å². The van der Waals surface area contributed by atoms with Crippen molar-refractivity contribution in [1.29, 1.82) is 0 Å². The molecule has 26 heavy (non-hydrogen) atoms. The second-order valence-electron chi connectivity index (χ2n) is 5.82. The van der Waals surface area contributed by atoms with Gasteiger partial charge in [-0.25, -0.2) is 0 Å². The van der Waals surface area contributed by atoms with Crippen molar-refractivity contribution in [2.75, 3.05) is 19.5 Å². The highest BCUT2D eigenvalue weighted by molar-refractivity contribution is 7.99. The first-order chi connectivity index (χ1) is 12.8. The number of benzene rings is 3. The molecule has 0 saturated carbocycles. The highest BCUT2D eigenvalue weighted by Crippen LogP contribution is 2.47. The zero-order chi connectivity index (χ0) is 17.9. The van der Waals surface area contributed by atoms with Crippen LogP contribution in [0.5, 0.6) is 23.0 Å². The fourth-order valence-electron chi connectivity index (χ4n) is 2.93. The molecular weight excluding hydrogens is 346 g/mol. The largest absolute Gasteiger partial charge is 0.493 e. The van der Waals surface area contributed by atoms with E-state index in [9.17, 15) is 0 Å². The van der Waals surface area contributed by atoms with E-state index in [2.05, 4.69) is 23.5 Å². The normalized spacial score (nSPS) is 11.8. The highest BCUT2D eigenvalue weighted by atomic mass is 32.2. The number of methoxy groups -OCH3 is 2. The van der Waals surface area contributed by atoms with E-state index in [0.29, 0.717) is 6.54 Å². The maximum Gasteiger partial charge on any atom is 0.165 e. The third-order valence-electron chi connectivity index (χ3n) is 4.20. The van der Waals surface area contributed by atoms with Gasteiger partial charge in [0.05, 0.1) is 24.0 Å². The predicted octanol–water partition coefficient (Wildman–Crippen LogP) is 5.57. The van der Waals surface area contributed by atoms with Crippen molar-refractivity contribution in [1.82, 2.24) is 0 Å². The summed E-state index contributed by atoms with van der Waals surface area (Å²) in [5, 5.41) is 3.44. The molecule has 0 unspecified atom stereocenters. The second-order valence-corrected chi connectivity index (χ2v) is 6.90. The van der Waals surface area contributed by atoms with Crippen molar-refractivity contribution in [2.24, 2.45) is 0 Å². The molecule has 0 atom stereocenters. The van der Waals surface area contributed by atoms with E-state index in [1.165, 1.54) is 0 Å².